The molecule has 100 valence electrons. The van der Waals surface area contributed by atoms with Crippen LogP contribution in [0.2, 0.25) is 15.1 Å². The molecule has 0 saturated heterocycles. The Morgan fingerprint density at radius 2 is 1.89 bits per heavy atom. The molecule has 1 saturated carbocycles. The first-order chi connectivity index (χ1) is 8.61. The third-order valence-electron chi connectivity index (χ3n) is 3.51. The maximum absolute atomic E-state index is 6.19. The van der Waals surface area contributed by atoms with Crippen molar-refractivity contribution in [2.45, 2.75) is 45.2 Å². The van der Waals surface area contributed by atoms with Gasteiger partial charge in [-0.05, 0) is 30.9 Å². The zero-order valence-electron chi connectivity index (χ0n) is 10.5. The van der Waals surface area contributed by atoms with Crippen LogP contribution in [0.3, 0.4) is 0 Å². The highest BCUT2D eigenvalue weighted by Gasteiger charge is 2.24. The maximum atomic E-state index is 6.19. The van der Waals surface area contributed by atoms with E-state index in [4.69, 9.17) is 34.8 Å². The van der Waals surface area contributed by atoms with Crippen LogP contribution >= 0.6 is 34.8 Å². The summed E-state index contributed by atoms with van der Waals surface area (Å²) in [6, 6.07) is 4.08. The fraction of sp³-hybridized carbons (Fsp3) is 0.571. The van der Waals surface area contributed by atoms with Crippen LogP contribution in [0.4, 0.5) is 0 Å². The summed E-state index contributed by atoms with van der Waals surface area (Å²) >= 11 is 18.4. The van der Waals surface area contributed by atoms with Crippen LogP contribution in [0.15, 0.2) is 12.1 Å². The summed E-state index contributed by atoms with van der Waals surface area (Å²) in [6.45, 7) is 2.89. The van der Waals surface area contributed by atoms with Gasteiger partial charge in [-0.3, -0.25) is 0 Å². The van der Waals surface area contributed by atoms with E-state index in [0.717, 1.165) is 17.9 Å². The molecule has 1 atom stereocenters. The maximum Gasteiger partial charge on any atom is 0.0652 e. The lowest BCUT2D eigenvalue weighted by atomic mass is 10.1. The molecule has 1 aliphatic carbocycles. The second kappa shape index (κ2) is 6.47. The van der Waals surface area contributed by atoms with Crippen molar-refractivity contribution in [2.24, 2.45) is 5.92 Å². The van der Waals surface area contributed by atoms with Crippen molar-refractivity contribution in [3.63, 3.8) is 0 Å². The van der Waals surface area contributed by atoms with Crippen molar-refractivity contribution in [1.29, 1.82) is 0 Å². The van der Waals surface area contributed by atoms with Gasteiger partial charge in [0.25, 0.3) is 0 Å². The summed E-state index contributed by atoms with van der Waals surface area (Å²) < 4.78 is 0. The fourth-order valence-electron chi connectivity index (χ4n) is 2.13. The number of halogens is 3. The van der Waals surface area contributed by atoms with Crippen molar-refractivity contribution in [2.75, 3.05) is 0 Å². The van der Waals surface area contributed by atoms with E-state index in [-0.39, 0.29) is 0 Å². The summed E-state index contributed by atoms with van der Waals surface area (Å²) in [7, 11) is 0. The van der Waals surface area contributed by atoms with Gasteiger partial charge < -0.3 is 5.32 Å². The molecule has 1 aromatic carbocycles. The highest BCUT2D eigenvalue weighted by Crippen LogP contribution is 2.35. The van der Waals surface area contributed by atoms with E-state index in [2.05, 4.69) is 12.2 Å². The Hall–Kier alpha value is 0.0500. The van der Waals surface area contributed by atoms with Gasteiger partial charge in [-0.25, -0.2) is 0 Å². The first-order valence-electron chi connectivity index (χ1n) is 6.47. The average Bonchev–Trinajstić information content (AvgIpc) is 3.16. The van der Waals surface area contributed by atoms with Crippen LogP contribution in [0.5, 0.6) is 0 Å². The van der Waals surface area contributed by atoms with Crippen LogP contribution in [-0.2, 0) is 6.54 Å². The Morgan fingerprint density at radius 1 is 1.22 bits per heavy atom. The molecule has 18 heavy (non-hydrogen) atoms. The van der Waals surface area contributed by atoms with Crippen molar-refractivity contribution >= 4 is 34.8 Å². The molecule has 0 amide bonds. The molecule has 4 heteroatoms. The van der Waals surface area contributed by atoms with Crippen LogP contribution in [0.25, 0.3) is 0 Å². The summed E-state index contributed by atoms with van der Waals surface area (Å²) in [5.74, 6) is 0.924. The van der Waals surface area contributed by atoms with E-state index in [1.165, 1.54) is 19.3 Å². The summed E-state index contributed by atoms with van der Waals surface area (Å²) in [6.07, 6.45) is 5.16. The predicted octanol–water partition coefficient (Wildman–Crippen LogP) is 5.32. The normalized spacial score (nSPS) is 16.9. The molecule has 0 aromatic heterocycles. The summed E-state index contributed by atoms with van der Waals surface area (Å²) in [5.41, 5.74) is 0.903. The first-order valence-corrected chi connectivity index (χ1v) is 7.61. The quantitative estimate of drug-likeness (QED) is 0.702. The summed E-state index contributed by atoms with van der Waals surface area (Å²) in [5, 5.41) is 5.35. The van der Waals surface area contributed by atoms with Gasteiger partial charge in [0, 0.05) is 23.2 Å². The molecule has 1 unspecified atom stereocenters. The molecule has 1 nitrogen and oxygen atoms in total. The van der Waals surface area contributed by atoms with Gasteiger partial charge in [-0.1, -0.05) is 54.6 Å². The highest BCUT2D eigenvalue weighted by molar-refractivity contribution is 6.44. The lowest BCUT2D eigenvalue weighted by Gasteiger charge is -2.18. The second-order valence-corrected chi connectivity index (χ2v) is 6.18. The Balaban J connectivity index is 1.97. The lowest BCUT2D eigenvalue weighted by Crippen LogP contribution is -2.28. The molecule has 1 aliphatic rings. The molecule has 1 N–H and O–H groups in total. The van der Waals surface area contributed by atoms with Gasteiger partial charge >= 0.3 is 0 Å². The van der Waals surface area contributed by atoms with Crippen molar-refractivity contribution < 1.29 is 0 Å². The van der Waals surface area contributed by atoms with Gasteiger partial charge in [0.15, 0.2) is 0 Å². The van der Waals surface area contributed by atoms with Crippen LogP contribution < -0.4 is 5.32 Å². The molecule has 0 aliphatic heterocycles. The molecule has 0 heterocycles. The van der Waals surface area contributed by atoms with E-state index in [0.29, 0.717) is 27.7 Å². The molecular weight excluding hydrogens is 289 g/mol. The van der Waals surface area contributed by atoms with E-state index in [9.17, 15) is 0 Å². The Kier molecular flexibility index (Phi) is 5.20. The van der Waals surface area contributed by atoms with Gasteiger partial charge in [0.2, 0.25) is 0 Å². The predicted molar refractivity (Wildman–Crippen MR) is 79.7 cm³/mol. The van der Waals surface area contributed by atoms with E-state index in [1.54, 1.807) is 12.1 Å². The Morgan fingerprint density at radius 3 is 2.50 bits per heavy atom. The van der Waals surface area contributed by atoms with E-state index < -0.39 is 0 Å². The monoisotopic (exact) mass is 305 g/mol. The third kappa shape index (κ3) is 3.77. The zero-order valence-corrected chi connectivity index (χ0v) is 12.7. The molecular formula is C14H18Cl3N. The van der Waals surface area contributed by atoms with Gasteiger partial charge in [-0.2, -0.15) is 0 Å². The fourth-order valence-corrected chi connectivity index (χ4v) is 2.81. The Labute approximate surface area is 124 Å². The van der Waals surface area contributed by atoms with Gasteiger partial charge in [-0.15, -0.1) is 0 Å². The third-order valence-corrected chi connectivity index (χ3v) is 4.71. The minimum Gasteiger partial charge on any atom is -0.310 e. The SMILES string of the molecule is CCC(CC1CC1)NCc1c(Cl)ccc(Cl)c1Cl. The highest BCUT2D eigenvalue weighted by atomic mass is 35.5. The van der Waals surface area contributed by atoms with Crippen LogP contribution in [0, 0.1) is 5.92 Å². The minimum atomic E-state index is 0.545. The van der Waals surface area contributed by atoms with Crippen molar-refractivity contribution in [3.05, 3.63) is 32.8 Å². The number of benzene rings is 1. The van der Waals surface area contributed by atoms with Crippen molar-refractivity contribution in [3.8, 4) is 0 Å². The molecule has 1 fully saturated rings. The van der Waals surface area contributed by atoms with E-state index >= 15 is 0 Å². The molecule has 0 bridgehead atoms. The smallest absolute Gasteiger partial charge is 0.0652 e. The average molecular weight is 307 g/mol. The second-order valence-electron chi connectivity index (χ2n) is 4.99. The van der Waals surface area contributed by atoms with Crippen LogP contribution in [0.1, 0.15) is 38.2 Å². The van der Waals surface area contributed by atoms with E-state index in [1.807, 2.05) is 0 Å². The number of hydrogen-bond donors (Lipinski definition) is 1. The summed E-state index contributed by atoms with van der Waals surface area (Å²) in [4.78, 5) is 0. The number of nitrogens with one attached hydrogen (secondary N) is 1. The van der Waals surface area contributed by atoms with Gasteiger partial charge in [0.05, 0.1) is 10.0 Å². The largest absolute Gasteiger partial charge is 0.310 e. The topological polar surface area (TPSA) is 12.0 Å². The standard InChI is InChI=1S/C14H18Cl3N/c1-2-10(7-9-3-4-9)18-8-11-12(15)5-6-13(16)14(11)17/h5-6,9-10,18H,2-4,7-8H2,1H3. The van der Waals surface area contributed by atoms with Gasteiger partial charge in [0.1, 0.15) is 0 Å². The molecule has 0 spiro atoms. The lowest BCUT2D eigenvalue weighted by molar-refractivity contribution is 0.445. The van der Waals surface area contributed by atoms with Crippen molar-refractivity contribution in [1.82, 2.24) is 5.32 Å². The molecule has 0 radical (unpaired) electrons. The number of rotatable bonds is 6. The zero-order chi connectivity index (χ0) is 13.1. The first kappa shape index (κ1) is 14.5. The van der Waals surface area contributed by atoms with Crippen LogP contribution in [-0.4, -0.2) is 6.04 Å². The molecule has 2 rings (SSSR count). The Bertz CT molecular complexity index is 416. The number of hydrogen-bond acceptors (Lipinski definition) is 1. The minimum absolute atomic E-state index is 0.545. The molecule has 1 aromatic rings.